The topological polar surface area (TPSA) is 52.6 Å². The highest BCUT2D eigenvalue weighted by molar-refractivity contribution is 6.30. The van der Waals surface area contributed by atoms with Crippen molar-refractivity contribution in [2.45, 2.75) is 12.6 Å². The lowest BCUT2D eigenvalue weighted by Crippen LogP contribution is -2.43. The Balaban J connectivity index is 2.51. The van der Waals surface area contributed by atoms with Gasteiger partial charge in [0.2, 0.25) is 0 Å². The zero-order valence-electron chi connectivity index (χ0n) is 9.98. The van der Waals surface area contributed by atoms with Crippen LogP contribution in [0.5, 0.6) is 0 Å². The molecule has 0 fully saturated rings. The van der Waals surface area contributed by atoms with E-state index < -0.39 is 12.0 Å². The zero-order chi connectivity index (χ0) is 12.8. The summed E-state index contributed by atoms with van der Waals surface area (Å²) >= 11 is 5.80. The van der Waals surface area contributed by atoms with Crippen LogP contribution in [0.15, 0.2) is 24.3 Å². The van der Waals surface area contributed by atoms with E-state index in [0.29, 0.717) is 18.1 Å². The van der Waals surface area contributed by atoms with Gasteiger partial charge in [-0.2, -0.15) is 0 Å². The fourth-order valence-corrected chi connectivity index (χ4v) is 1.70. The molecule has 1 unspecified atom stereocenters. The number of hydrogen-bond acceptors (Lipinski definition) is 3. The summed E-state index contributed by atoms with van der Waals surface area (Å²) in [5, 5.41) is 12.4. The lowest BCUT2D eigenvalue weighted by molar-refractivity contribution is -0.139. The van der Waals surface area contributed by atoms with Crippen LogP contribution >= 0.6 is 11.6 Å². The summed E-state index contributed by atoms with van der Waals surface area (Å²) in [5.74, 6) is -0.838. The van der Waals surface area contributed by atoms with Gasteiger partial charge in [0.25, 0.3) is 0 Å². The lowest BCUT2D eigenvalue weighted by atomic mass is 10.2. The van der Waals surface area contributed by atoms with Gasteiger partial charge in [-0.05, 0) is 31.8 Å². The van der Waals surface area contributed by atoms with E-state index in [0.717, 1.165) is 5.56 Å². The minimum Gasteiger partial charge on any atom is -0.480 e. The molecule has 1 rings (SSSR count). The Morgan fingerprint density at radius 1 is 1.47 bits per heavy atom. The van der Waals surface area contributed by atoms with Gasteiger partial charge in [0.05, 0.1) is 0 Å². The minimum atomic E-state index is -0.838. The van der Waals surface area contributed by atoms with Crippen molar-refractivity contribution < 1.29 is 9.90 Å². The van der Waals surface area contributed by atoms with Crippen molar-refractivity contribution in [3.63, 3.8) is 0 Å². The molecule has 1 aromatic carbocycles. The van der Waals surface area contributed by atoms with Gasteiger partial charge in [0, 0.05) is 18.1 Å². The number of carboxylic acid groups (broad SMARTS) is 1. The van der Waals surface area contributed by atoms with Crippen LogP contribution in [0.4, 0.5) is 0 Å². The first kappa shape index (κ1) is 14.0. The number of halogens is 1. The molecule has 0 bridgehead atoms. The third kappa shape index (κ3) is 4.73. The number of aliphatic carboxylic acids is 1. The van der Waals surface area contributed by atoms with E-state index in [4.69, 9.17) is 16.7 Å². The van der Waals surface area contributed by atoms with Gasteiger partial charge in [-0.15, -0.1) is 0 Å². The van der Waals surface area contributed by atoms with Crippen LogP contribution < -0.4 is 5.32 Å². The number of nitrogens with one attached hydrogen (secondary N) is 1. The summed E-state index contributed by atoms with van der Waals surface area (Å²) in [6.07, 6.45) is 0. The minimum absolute atomic E-state index is 0.453. The van der Waals surface area contributed by atoms with Gasteiger partial charge >= 0.3 is 5.97 Å². The Labute approximate surface area is 106 Å². The number of nitrogens with zero attached hydrogens (tertiary/aromatic N) is 1. The maximum atomic E-state index is 10.9. The number of hydrogen-bond donors (Lipinski definition) is 2. The molecule has 5 heteroatoms. The van der Waals surface area contributed by atoms with Gasteiger partial charge < -0.3 is 10.4 Å². The van der Waals surface area contributed by atoms with Gasteiger partial charge in [-0.1, -0.05) is 23.7 Å². The van der Waals surface area contributed by atoms with Gasteiger partial charge in [0.1, 0.15) is 6.04 Å². The third-order valence-electron chi connectivity index (χ3n) is 2.51. The molecule has 0 aliphatic heterocycles. The van der Waals surface area contributed by atoms with Crippen molar-refractivity contribution in [1.29, 1.82) is 0 Å². The highest BCUT2D eigenvalue weighted by Crippen LogP contribution is 2.10. The van der Waals surface area contributed by atoms with Crippen LogP contribution in [0.1, 0.15) is 5.56 Å². The number of rotatable bonds is 6. The molecule has 1 aromatic rings. The van der Waals surface area contributed by atoms with Crippen molar-refractivity contribution >= 4 is 17.6 Å². The van der Waals surface area contributed by atoms with E-state index in [1.165, 1.54) is 0 Å². The van der Waals surface area contributed by atoms with Crippen LogP contribution in [0.3, 0.4) is 0 Å². The molecular weight excluding hydrogens is 240 g/mol. The molecule has 0 saturated heterocycles. The molecule has 94 valence electrons. The second kappa shape index (κ2) is 6.59. The van der Waals surface area contributed by atoms with Gasteiger partial charge in [0.15, 0.2) is 0 Å². The first-order valence-corrected chi connectivity index (χ1v) is 5.73. The van der Waals surface area contributed by atoms with Crippen LogP contribution in [-0.4, -0.2) is 42.7 Å². The second-order valence-electron chi connectivity index (χ2n) is 4.00. The average molecular weight is 257 g/mol. The molecule has 0 aliphatic carbocycles. The number of likely N-dealkylation sites (N-methyl/N-ethyl adjacent to an activating group) is 2. The number of carboxylic acids is 1. The molecule has 1 atom stereocenters. The van der Waals surface area contributed by atoms with E-state index >= 15 is 0 Å². The molecule has 0 aromatic heterocycles. The fraction of sp³-hybridized carbons (Fsp3) is 0.417. The highest BCUT2D eigenvalue weighted by Gasteiger charge is 2.16. The Hall–Kier alpha value is -1.10. The van der Waals surface area contributed by atoms with Crippen LogP contribution in [-0.2, 0) is 11.3 Å². The molecule has 0 aliphatic rings. The third-order valence-corrected chi connectivity index (χ3v) is 2.76. The van der Waals surface area contributed by atoms with Gasteiger partial charge in [-0.3, -0.25) is 9.69 Å². The van der Waals surface area contributed by atoms with Crippen LogP contribution in [0.25, 0.3) is 0 Å². The van der Waals surface area contributed by atoms with Crippen LogP contribution in [0, 0.1) is 0 Å². The molecule has 0 amide bonds. The van der Waals surface area contributed by atoms with E-state index in [1.54, 1.807) is 7.05 Å². The SMILES string of the molecule is CNC(CN(C)Cc1ccc(Cl)cc1)C(=O)O. The predicted molar refractivity (Wildman–Crippen MR) is 68.3 cm³/mol. The Kier molecular flexibility index (Phi) is 5.41. The smallest absolute Gasteiger partial charge is 0.322 e. The summed E-state index contributed by atoms with van der Waals surface area (Å²) < 4.78 is 0. The zero-order valence-corrected chi connectivity index (χ0v) is 10.7. The Bertz CT molecular complexity index is 367. The average Bonchev–Trinajstić information content (AvgIpc) is 2.28. The van der Waals surface area contributed by atoms with Crippen molar-refractivity contribution in [1.82, 2.24) is 10.2 Å². The standard InChI is InChI=1S/C12H17ClN2O2/c1-14-11(12(16)17)8-15(2)7-9-3-5-10(13)6-4-9/h3-6,11,14H,7-8H2,1-2H3,(H,16,17). The van der Waals surface area contributed by atoms with E-state index in [1.807, 2.05) is 36.2 Å². The molecule has 4 nitrogen and oxygen atoms in total. The maximum absolute atomic E-state index is 10.9. The summed E-state index contributed by atoms with van der Waals surface area (Å²) in [6, 6.07) is 6.99. The van der Waals surface area contributed by atoms with Crippen molar-refractivity contribution in [3.8, 4) is 0 Å². The molecule has 0 heterocycles. The molecule has 0 spiro atoms. The maximum Gasteiger partial charge on any atom is 0.322 e. The number of carbonyl (C=O) groups is 1. The lowest BCUT2D eigenvalue weighted by Gasteiger charge is -2.21. The summed E-state index contributed by atoms with van der Waals surface area (Å²) in [5.41, 5.74) is 1.11. The monoisotopic (exact) mass is 256 g/mol. The fourth-order valence-electron chi connectivity index (χ4n) is 1.57. The van der Waals surface area contributed by atoms with Crippen molar-refractivity contribution in [2.75, 3.05) is 20.6 Å². The predicted octanol–water partition coefficient (Wildman–Crippen LogP) is 1.44. The summed E-state index contributed by atoms with van der Waals surface area (Å²) in [7, 11) is 3.54. The van der Waals surface area contributed by atoms with Crippen molar-refractivity contribution in [3.05, 3.63) is 34.9 Å². The van der Waals surface area contributed by atoms with Crippen LogP contribution in [0.2, 0.25) is 5.02 Å². The Morgan fingerprint density at radius 3 is 2.53 bits per heavy atom. The van der Waals surface area contributed by atoms with E-state index in [9.17, 15) is 4.79 Å². The summed E-state index contributed by atoms with van der Waals surface area (Å²) in [4.78, 5) is 12.8. The van der Waals surface area contributed by atoms with E-state index in [2.05, 4.69) is 5.32 Å². The normalized spacial score (nSPS) is 12.7. The highest BCUT2D eigenvalue weighted by atomic mass is 35.5. The van der Waals surface area contributed by atoms with Gasteiger partial charge in [-0.25, -0.2) is 0 Å². The molecule has 0 radical (unpaired) electrons. The molecule has 2 N–H and O–H groups in total. The van der Waals surface area contributed by atoms with Crippen molar-refractivity contribution in [2.24, 2.45) is 0 Å². The Morgan fingerprint density at radius 2 is 2.06 bits per heavy atom. The molecule has 0 saturated carbocycles. The second-order valence-corrected chi connectivity index (χ2v) is 4.44. The van der Waals surface area contributed by atoms with E-state index in [-0.39, 0.29) is 0 Å². The summed E-state index contributed by atoms with van der Waals surface area (Å²) in [6.45, 7) is 1.15. The first-order valence-electron chi connectivity index (χ1n) is 5.36. The first-order chi connectivity index (χ1) is 8.02. The molecular formula is C12H17ClN2O2. The largest absolute Gasteiger partial charge is 0.480 e. The number of benzene rings is 1. The molecule has 17 heavy (non-hydrogen) atoms. The quantitative estimate of drug-likeness (QED) is 0.809.